The molecule has 70 valence electrons. The Bertz CT molecular complexity index is 304. The van der Waals surface area contributed by atoms with Crippen molar-refractivity contribution in [2.75, 3.05) is 5.88 Å². The van der Waals surface area contributed by atoms with Crippen molar-refractivity contribution in [2.24, 2.45) is 5.92 Å². The summed E-state index contributed by atoms with van der Waals surface area (Å²) in [6, 6.07) is 4.80. The Balaban J connectivity index is 2.30. The molecular formula is C10H9Cl2F. The van der Waals surface area contributed by atoms with E-state index in [1.165, 1.54) is 6.07 Å². The first kappa shape index (κ1) is 9.29. The Morgan fingerprint density at radius 2 is 2.23 bits per heavy atom. The minimum absolute atomic E-state index is 0.204. The van der Waals surface area contributed by atoms with Gasteiger partial charge in [-0.25, -0.2) is 4.39 Å². The van der Waals surface area contributed by atoms with Gasteiger partial charge in [0.05, 0.1) is 0 Å². The molecule has 0 N–H and O–H groups in total. The lowest BCUT2D eigenvalue weighted by Gasteiger charge is -2.03. The summed E-state index contributed by atoms with van der Waals surface area (Å²) >= 11 is 11.6. The van der Waals surface area contributed by atoms with Gasteiger partial charge in [0.2, 0.25) is 0 Å². The van der Waals surface area contributed by atoms with Crippen LogP contribution in [-0.2, 0) is 0 Å². The Morgan fingerprint density at radius 3 is 2.77 bits per heavy atom. The number of rotatable bonds is 2. The average molecular weight is 219 g/mol. The van der Waals surface area contributed by atoms with Crippen molar-refractivity contribution < 1.29 is 4.39 Å². The van der Waals surface area contributed by atoms with E-state index in [0.717, 1.165) is 6.42 Å². The molecule has 2 rings (SSSR count). The Morgan fingerprint density at radius 1 is 1.46 bits per heavy atom. The molecule has 0 amide bonds. The molecule has 1 aliphatic rings. The highest BCUT2D eigenvalue weighted by molar-refractivity contribution is 6.31. The van der Waals surface area contributed by atoms with Crippen LogP contribution in [0.5, 0.6) is 0 Å². The molecule has 0 heterocycles. The second-order valence-electron chi connectivity index (χ2n) is 3.39. The van der Waals surface area contributed by atoms with E-state index >= 15 is 0 Å². The lowest BCUT2D eigenvalue weighted by molar-refractivity contribution is 0.608. The average Bonchev–Trinajstić information content (AvgIpc) is 2.83. The van der Waals surface area contributed by atoms with Crippen LogP contribution in [0.15, 0.2) is 18.2 Å². The van der Waals surface area contributed by atoms with Gasteiger partial charge in [-0.3, -0.25) is 0 Å². The summed E-state index contributed by atoms with van der Waals surface area (Å²) in [5, 5.41) is 0.526. The van der Waals surface area contributed by atoms with Crippen LogP contribution in [0.4, 0.5) is 4.39 Å². The molecule has 1 saturated carbocycles. The number of benzene rings is 1. The maximum atomic E-state index is 13.3. The molecule has 0 spiro atoms. The highest BCUT2D eigenvalue weighted by Gasteiger charge is 2.40. The lowest BCUT2D eigenvalue weighted by atomic mass is 10.1. The summed E-state index contributed by atoms with van der Waals surface area (Å²) in [5.74, 6) is 1.04. The third kappa shape index (κ3) is 1.68. The predicted octanol–water partition coefficient (Wildman–Crippen LogP) is 3.82. The van der Waals surface area contributed by atoms with E-state index in [4.69, 9.17) is 23.2 Å². The molecule has 2 unspecified atom stereocenters. The summed E-state index contributed by atoms with van der Waals surface area (Å²) in [6.45, 7) is 0. The molecule has 0 bridgehead atoms. The molecule has 0 saturated heterocycles. The lowest BCUT2D eigenvalue weighted by Crippen LogP contribution is -1.91. The quantitative estimate of drug-likeness (QED) is 0.663. The second-order valence-corrected chi connectivity index (χ2v) is 4.11. The maximum Gasteiger partial charge on any atom is 0.128 e. The van der Waals surface area contributed by atoms with Gasteiger partial charge in [0.15, 0.2) is 0 Å². The topological polar surface area (TPSA) is 0 Å². The van der Waals surface area contributed by atoms with E-state index in [1.54, 1.807) is 12.1 Å². The molecule has 1 fully saturated rings. The number of halogens is 3. The Hall–Kier alpha value is -0.270. The van der Waals surface area contributed by atoms with Crippen LogP contribution >= 0.6 is 23.2 Å². The fourth-order valence-corrected chi connectivity index (χ4v) is 2.28. The minimum atomic E-state index is -0.204. The summed E-state index contributed by atoms with van der Waals surface area (Å²) in [5.41, 5.74) is 0.648. The SMILES string of the molecule is Fc1cccc(Cl)c1C1CC1CCl. The largest absolute Gasteiger partial charge is 0.207 e. The summed E-state index contributed by atoms with van der Waals surface area (Å²) < 4.78 is 13.3. The predicted molar refractivity (Wildman–Crippen MR) is 53.0 cm³/mol. The Kier molecular flexibility index (Phi) is 2.48. The molecule has 0 aliphatic heterocycles. The smallest absolute Gasteiger partial charge is 0.128 e. The first-order chi connectivity index (χ1) is 6.24. The van der Waals surface area contributed by atoms with Crippen molar-refractivity contribution >= 4 is 23.2 Å². The first-order valence-electron chi connectivity index (χ1n) is 4.24. The van der Waals surface area contributed by atoms with Gasteiger partial charge in [-0.15, -0.1) is 11.6 Å². The van der Waals surface area contributed by atoms with Crippen LogP contribution < -0.4 is 0 Å². The molecule has 13 heavy (non-hydrogen) atoms. The Labute approximate surface area is 86.7 Å². The van der Waals surface area contributed by atoms with E-state index in [-0.39, 0.29) is 11.7 Å². The van der Waals surface area contributed by atoms with Gasteiger partial charge in [0, 0.05) is 16.5 Å². The van der Waals surface area contributed by atoms with Crippen molar-refractivity contribution in [1.29, 1.82) is 0 Å². The van der Waals surface area contributed by atoms with Crippen LogP contribution in [0.25, 0.3) is 0 Å². The molecule has 3 heteroatoms. The van der Waals surface area contributed by atoms with Crippen LogP contribution in [-0.4, -0.2) is 5.88 Å². The van der Waals surface area contributed by atoms with Crippen molar-refractivity contribution in [3.63, 3.8) is 0 Å². The van der Waals surface area contributed by atoms with E-state index in [9.17, 15) is 4.39 Å². The van der Waals surface area contributed by atoms with Gasteiger partial charge in [-0.2, -0.15) is 0 Å². The second kappa shape index (κ2) is 3.47. The molecule has 2 atom stereocenters. The fourth-order valence-electron chi connectivity index (χ4n) is 1.64. The van der Waals surface area contributed by atoms with Crippen LogP contribution in [0.1, 0.15) is 17.9 Å². The molecule has 0 nitrogen and oxygen atoms in total. The van der Waals surface area contributed by atoms with E-state index in [1.807, 2.05) is 0 Å². The molecule has 0 aromatic heterocycles. The van der Waals surface area contributed by atoms with E-state index in [2.05, 4.69) is 0 Å². The number of hydrogen-bond acceptors (Lipinski definition) is 0. The monoisotopic (exact) mass is 218 g/mol. The molecule has 1 aliphatic carbocycles. The highest BCUT2D eigenvalue weighted by Crippen LogP contribution is 2.50. The van der Waals surface area contributed by atoms with Gasteiger partial charge >= 0.3 is 0 Å². The molecule has 1 aromatic carbocycles. The van der Waals surface area contributed by atoms with Gasteiger partial charge in [0.25, 0.3) is 0 Å². The van der Waals surface area contributed by atoms with Crippen molar-refractivity contribution in [2.45, 2.75) is 12.3 Å². The highest BCUT2D eigenvalue weighted by atomic mass is 35.5. The van der Waals surface area contributed by atoms with Crippen LogP contribution in [0, 0.1) is 11.7 Å². The molecule has 1 aromatic rings. The van der Waals surface area contributed by atoms with Crippen LogP contribution in [0.2, 0.25) is 5.02 Å². The fraction of sp³-hybridized carbons (Fsp3) is 0.400. The van der Waals surface area contributed by atoms with Crippen molar-refractivity contribution in [3.05, 3.63) is 34.6 Å². The third-order valence-electron chi connectivity index (χ3n) is 2.49. The maximum absolute atomic E-state index is 13.3. The van der Waals surface area contributed by atoms with Gasteiger partial charge in [0.1, 0.15) is 5.82 Å². The van der Waals surface area contributed by atoms with Gasteiger partial charge in [-0.05, 0) is 30.4 Å². The van der Waals surface area contributed by atoms with Crippen molar-refractivity contribution in [3.8, 4) is 0 Å². The van der Waals surface area contributed by atoms with E-state index < -0.39 is 0 Å². The van der Waals surface area contributed by atoms with E-state index in [0.29, 0.717) is 22.4 Å². The molecule has 0 radical (unpaired) electrons. The normalized spacial score (nSPS) is 26.1. The van der Waals surface area contributed by atoms with Crippen molar-refractivity contribution in [1.82, 2.24) is 0 Å². The standard InChI is InChI=1S/C10H9Cl2F/c11-5-6-4-7(6)10-8(12)2-1-3-9(10)13/h1-3,6-7H,4-5H2. The van der Waals surface area contributed by atoms with Gasteiger partial charge < -0.3 is 0 Å². The summed E-state index contributed by atoms with van der Waals surface area (Å²) in [7, 11) is 0. The zero-order chi connectivity index (χ0) is 9.42. The minimum Gasteiger partial charge on any atom is -0.207 e. The van der Waals surface area contributed by atoms with Crippen LogP contribution in [0.3, 0.4) is 0 Å². The summed E-state index contributed by atoms with van der Waals surface area (Å²) in [4.78, 5) is 0. The third-order valence-corrected chi connectivity index (χ3v) is 3.22. The number of hydrogen-bond donors (Lipinski definition) is 0. The zero-order valence-corrected chi connectivity index (χ0v) is 8.45. The summed E-state index contributed by atoms with van der Waals surface area (Å²) in [6.07, 6.45) is 0.962. The first-order valence-corrected chi connectivity index (χ1v) is 5.15. The molecular weight excluding hydrogens is 210 g/mol. The number of alkyl halides is 1. The van der Waals surface area contributed by atoms with Gasteiger partial charge in [-0.1, -0.05) is 17.7 Å². The zero-order valence-electron chi connectivity index (χ0n) is 6.93.